The van der Waals surface area contributed by atoms with Crippen LogP contribution in [0, 0.1) is 16.8 Å². The van der Waals surface area contributed by atoms with Gasteiger partial charge in [-0.2, -0.15) is 5.10 Å². The molecule has 3 rings (SSSR count). The largest absolute Gasteiger partial charge is 0.632 e. The van der Waals surface area contributed by atoms with Crippen molar-refractivity contribution in [3.63, 3.8) is 0 Å². The lowest BCUT2D eigenvalue weighted by molar-refractivity contribution is -0.914. The molecule has 1 aliphatic rings. The molecule has 2 atom stereocenters. The Balaban J connectivity index is 2.03. The Morgan fingerprint density at radius 1 is 1.38 bits per heavy atom. The number of quaternary nitrogens is 1. The van der Waals surface area contributed by atoms with Gasteiger partial charge >= 0.3 is 0 Å². The monoisotopic (exact) mass is 364 g/mol. The van der Waals surface area contributed by atoms with E-state index in [1.807, 2.05) is 0 Å². The van der Waals surface area contributed by atoms with E-state index in [9.17, 15) is 19.1 Å². The van der Waals surface area contributed by atoms with E-state index in [1.165, 1.54) is 23.4 Å². The van der Waals surface area contributed by atoms with E-state index in [0.29, 0.717) is 18.9 Å². The topological polar surface area (TPSA) is 74.0 Å². The molecule has 0 bridgehead atoms. The number of benzene rings is 1. The summed E-state index contributed by atoms with van der Waals surface area (Å²) in [7, 11) is 0. The van der Waals surface area contributed by atoms with E-state index in [0.717, 1.165) is 11.6 Å². The second-order valence-electron chi connectivity index (χ2n) is 6.97. The second-order valence-corrected chi connectivity index (χ2v) is 6.97. The predicted molar refractivity (Wildman–Crippen MR) is 91.5 cm³/mol. The lowest BCUT2D eigenvalue weighted by atomic mass is 9.84. The Hall–Kier alpha value is -2.16. The molecule has 140 valence electrons. The standard InChI is InChI=1S/C18H22F2N4O2/c1-13-5-7-24(26,8-6-13)14(2)18(25,10-23-12-21-11-22-23)16-4-3-15(19)9-17(16)20/h3-4,9,11-12,14,25H,1,5-8,10H2,2H3/t14-,18?/m1/s1. The number of aliphatic hydroxyl groups is 1. The molecule has 0 radical (unpaired) electrons. The highest BCUT2D eigenvalue weighted by Crippen LogP contribution is 2.37. The summed E-state index contributed by atoms with van der Waals surface area (Å²) in [6, 6.07) is 2.07. The summed E-state index contributed by atoms with van der Waals surface area (Å²) in [4.78, 5) is 3.83. The Labute approximate surface area is 150 Å². The van der Waals surface area contributed by atoms with Gasteiger partial charge in [0.2, 0.25) is 0 Å². The lowest BCUT2D eigenvalue weighted by Crippen LogP contribution is -2.62. The molecule has 1 fully saturated rings. The molecule has 1 aliphatic heterocycles. The molecule has 1 saturated heterocycles. The van der Waals surface area contributed by atoms with E-state index in [4.69, 9.17) is 0 Å². The first kappa shape index (κ1) is 18.6. The zero-order valence-electron chi connectivity index (χ0n) is 14.6. The van der Waals surface area contributed by atoms with E-state index >= 15 is 0 Å². The third kappa shape index (κ3) is 3.40. The van der Waals surface area contributed by atoms with Crippen LogP contribution in [0.2, 0.25) is 0 Å². The van der Waals surface area contributed by atoms with Gasteiger partial charge in [0.05, 0.1) is 19.6 Å². The maximum atomic E-state index is 14.5. The van der Waals surface area contributed by atoms with E-state index in [1.54, 1.807) is 6.92 Å². The number of hydrogen-bond donors (Lipinski definition) is 1. The average molecular weight is 364 g/mol. The van der Waals surface area contributed by atoms with Crippen molar-refractivity contribution in [1.29, 1.82) is 0 Å². The van der Waals surface area contributed by atoms with Crippen LogP contribution in [0.15, 0.2) is 43.0 Å². The molecule has 2 heterocycles. The van der Waals surface area contributed by atoms with E-state index in [2.05, 4.69) is 16.7 Å². The molecule has 1 aromatic heterocycles. The summed E-state index contributed by atoms with van der Waals surface area (Å²) in [5, 5.41) is 28.8. The van der Waals surface area contributed by atoms with Gasteiger partial charge in [-0.3, -0.25) is 0 Å². The molecule has 0 amide bonds. The number of rotatable bonds is 5. The van der Waals surface area contributed by atoms with Gasteiger partial charge in [-0.1, -0.05) is 12.2 Å². The van der Waals surface area contributed by atoms with Crippen LogP contribution in [-0.4, -0.2) is 43.6 Å². The summed E-state index contributed by atoms with van der Waals surface area (Å²) < 4.78 is 28.5. The van der Waals surface area contributed by atoms with Gasteiger partial charge in [-0.05, 0) is 19.1 Å². The highest BCUT2D eigenvalue weighted by molar-refractivity contribution is 5.26. The highest BCUT2D eigenvalue weighted by Gasteiger charge is 2.47. The fraction of sp³-hybridized carbons (Fsp3) is 0.444. The van der Waals surface area contributed by atoms with Gasteiger partial charge < -0.3 is 15.0 Å². The van der Waals surface area contributed by atoms with Crippen LogP contribution in [0.4, 0.5) is 8.78 Å². The molecule has 0 spiro atoms. The van der Waals surface area contributed by atoms with Gasteiger partial charge in [0.25, 0.3) is 0 Å². The Morgan fingerprint density at radius 3 is 2.65 bits per heavy atom. The molecule has 8 heteroatoms. The lowest BCUT2D eigenvalue weighted by Gasteiger charge is -2.54. The van der Waals surface area contributed by atoms with Crippen molar-refractivity contribution in [2.75, 3.05) is 13.1 Å². The van der Waals surface area contributed by atoms with E-state index < -0.39 is 27.9 Å². The first-order valence-corrected chi connectivity index (χ1v) is 8.49. The minimum Gasteiger partial charge on any atom is -0.632 e. The van der Waals surface area contributed by atoms with Crippen LogP contribution in [0.5, 0.6) is 0 Å². The number of piperidine rings is 1. The highest BCUT2D eigenvalue weighted by atomic mass is 19.1. The van der Waals surface area contributed by atoms with Crippen LogP contribution in [0.25, 0.3) is 0 Å². The molecule has 1 N–H and O–H groups in total. The maximum absolute atomic E-state index is 14.5. The fourth-order valence-electron chi connectivity index (χ4n) is 3.55. The first-order valence-electron chi connectivity index (χ1n) is 8.49. The van der Waals surface area contributed by atoms with Crippen molar-refractivity contribution >= 4 is 0 Å². The second kappa shape index (κ2) is 6.86. The Bertz CT molecular complexity index is 786. The van der Waals surface area contributed by atoms with Gasteiger partial charge in [0.15, 0.2) is 5.60 Å². The number of halogens is 2. The Morgan fingerprint density at radius 2 is 2.08 bits per heavy atom. The van der Waals surface area contributed by atoms with Crippen molar-refractivity contribution in [2.45, 2.75) is 38.0 Å². The molecule has 6 nitrogen and oxygen atoms in total. The number of hydroxylamine groups is 3. The van der Waals surface area contributed by atoms with Gasteiger partial charge in [0.1, 0.15) is 30.3 Å². The summed E-state index contributed by atoms with van der Waals surface area (Å²) in [5.74, 6) is -1.64. The molecule has 1 aromatic carbocycles. The molecular weight excluding hydrogens is 342 g/mol. The maximum Gasteiger partial charge on any atom is 0.164 e. The zero-order valence-corrected chi connectivity index (χ0v) is 14.6. The normalized spacial score (nSPS) is 20.6. The number of nitrogens with zero attached hydrogens (tertiary/aromatic N) is 4. The summed E-state index contributed by atoms with van der Waals surface area (Å²) in [5.41, 5.74) is -1.01. The van der Waals surface area contributed by atoms with Crippen molar-refractivity contribution in [3.05, 3.63) is 65.4 Å². The SMILES string of the molecule is C=C1CC[N+]([O-])([C@H](C)C(O)(Cn2cncn2)c2ccc(F)cc2F)CC1. The zero-order chi connectivity index (χ0) is 18.9. The molecular formula is C18H22F2N4O2. The summed E-state index contributed by atoms with van der Waals surface area (Å²) >= 11 is 0. The van der Waals surface area contributed by atoms with Crippen LogP contribution in [0.1, 0.15) is 25.3 Å². The van der Waals surface area contributed by atoms with Crippen molar-refractivity contribution in [1.82, 2.24) is 14.8 Å². The molecule has 0 aliphatic carbocycles. The molecule has 0 saturated carbocycles. The quantitative estimate of drug-likeness (QED) is 0.503. The third-order valence-electron chi connectivity index (χ3n) is 5.35. The summed E-state index contributed by atoms with van der Waals surface area (Å²) in [6.07, 6.45) is 3.78. The number of aromatic nitrogens is 3. The van der Waals surface area contributed by atoms with Crippen molar-refractivity contribution in [2.24, 2.45) is 0 Å². The van der Waals surface area contributed by atoms with Crippen molar-refractivity contribution in [3.8, 4) is 0 Å². The molecule has 2 aromatic rings. The molecule has 1 unspecified atom stereocenters. The molecule has 26 heavy (non-hydrogen) atoms. The van der Waals surface area contributed by atoms with E-state index in [-0.39, 0.29) is 25.2 Å². The van der Waals surface area contributed by atoms with Gasteiger partial charge in [-0.25, -0.2) is 18.4 Å². The van der Waals surface area contributed by atoms with Crippen LogP contribution >= 0.6 is 0 Å². The number of likely N-dealkylation sites (tertiary alicyclic amines) is 1. The van der Waals surface area contributed by atoms with Crippen LogP contribution in [-0.2, 0) is 12.1 Å². The minimum absolute atomic E-state index is 0.125. The predicted octanol–water partition coefficient (Wildman–Crippen LogP) is 2.50. The Kier molecular flexibility index (Phi) is 4.92. The smallest absolute Gasteiger partial charge is 0.164 e. The summed E-state index contributed by atoms with van der Waals surface area (Å²) in [6.45, 7) is 5.84. The van der Waals surface area contributed by atoms with Crippen LogP contribution < -0.4 is 0 Å². The average Bonchev–Trinajstić information content (AvgIpc) is 3.09. The van der Waals surface area contributed by atoms with Crippen LogP contribution in [0.3, 0.4) is 0 Å². The van der Waals surface area contributed by atoms with Gasteiger partial charge in [0, 0.05) is 24.5 Å². The van der Waals surface area contributed by atoms with Gasteiger partial charge in [-0.15, -0.1) is 0 Å². The minimum atomic E-state index is -1.88. The number of hydrogen-bond acceptors (Lipinski definition) is 4. The third-order valence-corrected chi connectivity index (χ3v) is 5.35. The van der Waals surface area contributed by atoms with Crippen molar-refractivity contribution < 1.29 is 18.5 Å². The first-order chi connectivity index (χ1) is 12.2. The fourth-order valence-corrected chi connectivity index (χ4v) is 3.55.